The number of thiocarbonyl (C=S) groups is 1. The SMILES string of the molecule is CCOc1ccc(Br)cc1C(=O)NC(=S)Nc1ccc(S(=O)(=O)Nc2ccc(C)cc2C)cc1. The molecule has 0 spiro atoms. The third-order valence-electron chi connectivity index (χ3n) is 4.76. The van der Waals surface area contributed by atoms with Crippen LogP contribution in [0, 0.1) is 13.8 Å². The van der Waals surface area contributed by atoms with Gasteiger partial charge in [-0.15, -0.1) is 0 Å². The fourth-order valence-corrected chi connectivity index (χ4v) is 4.85. The van der Waals surface area contributed by atoms with Crippen LogP contribution in [0.25, 0.3) is 0 Å². The number of benzene rings is 3. The van der Waals surface area contributed by atoms with E-state index < -0.39 is 15.9 Å². The third-order valence-corrected chi connectivity index (χ3v) is 6.84. The molecule has 10 heteroatoms. The number of aryl methyl sites for hydroxylation is 2. The van der Waals surface area contributed by atoms with Gasteiger partial charge >= 0.3 is 0 Å². The van der Waals surface area contributed by atoms with Gasteiger partial charge in [-0.2, -0.15) is 0 Å². The molecule has 0 saturated heterocycles. The predicted octanol–water partition coefficient (Wildman–Crippen LogP) is 5.39. The molecular weight excluding hydrogens is 538 g/mol. The number of rotatable bonds is 7. The minimum Gasteiger partial charge on any atom is -0.493 e. The minimum absolute atomic E-state index is 0.0661. The van der Waals surface area contributed by atoms with Crippen LogP contribution in [0.1, 0.15) is 28.4 Å². The van der Waals surface area contributed by atoms with Crippen LogP contribution in [0.15, 0.2) is 70.0 Å². The summed E-state index contributed by atoms with van der Waals surface area (Å²) in [4.78, 5) is 12.8. The van der Waals surface area contributed by atoms with Crippen LogP contribution in [-0.4, -0.2) is 26.0 Å². The molecule has 7 nitrogen and oxygen atoms in total. The van der Waals surface area contributed by atoms with E-state index in [0.29, 0.717) is 29.3 Å². The molecule has 0 aliphatic carbocycles. The van der Waals surface area contributed by atoms with Crippen molar-refractivity contribution in [1.29, 1.82) is 0 Å². The summed E-state index contributed by atoms with van der Waals surface area (Å²) in [6, 6.07) is 16.7. The second-order valence-electron chi connectivity index (χ2n) is 7.43. The van der Waals surface area contributed by atoms with Crippen LogP contribution in [0.5, 0.6) is 5.75 Å². The van der Waals surface area contributed by atoms with Crippen molar-refractivity contribution in [2.75, 3.05) is 16.6 Å². The van der Waals surface area contributed by atoms with Crippen molar-refractivity contribution in [3.05, 3.63) is 81.8 Å². The predicted molar refractivity (Wildman–Crippen MR) is 142 cm³/mol. The van der Waals surface area contributed by atoms with Crippen molar-refractivity contribution < 1.29 is 17.9 Å². The monoisotopic (exact) mass is 561 g/mol. The van der Waals surface area contributed by atoms with E-state index in [9.17, 15) is 13.2 Å². The van der Waals surface area contributed by atoms with E-state index in [2.05, 4.69) is 31.3 Å². The number of sulfonamides is 1. The number of amides is 1. The van der Waals surface area contributed by atoms with E-state index in [4.69, 9.17) is 17.0 Å². The van der Waals surface area contributed by atoms with Gasteiger partial charge in [-0.1, -0.05) is 33.6 Å². The second-order valence-corrected chi connectivity index (χ2v) is 10.4. The first-order valence-corrected chi connectivity index (χ1v) is 13.0. The number of hydrogen-bond acceptors (Lipinski definition) is 5. The van der Waals surface area contributed by atoms with Gasteiger partial charge in [0.2, 0.25) is 0 Å². The molecule has 0 unspecified atom stereocenters. The topological polar surface area (TPSA) is 96.5 Å². The van der Waals surface area contributed by atoms with Gasteiger partial charge in [-0.05, 0) is 87.1 Å². The lowest BCUT2D eigenvalue weighted by Crippen LogP contribution is -2.34. The number of carbonyl (C=O) groups is 1. The Bertz CT molecular complexity index is 1330. The molecule has 3 rings (SSSR count). The first-order chi connectivity index (χ1) is 16.1. The van der Waals surface area contributed by atoms with E-state index in [1.807, 2.05) is 32.9 Å². The zero-order valence-electron chi connectivity index (χ0n) is 18.8. The molecule has 0 aliphatic rings. The van der Waals surface area contributed by atoms with Crippen LogP contribution < -0.4 is 20.1 Å². The van der Waals surface area contributed by atoms with Gasteiger partial charge in [0.05, 0.1) is 22.8 Å². The van der Waals surface area contributed by atoms with Crippen LogP contribution in [-0.2, 0) is 10.0 Å². The number of carbonyl (C=O) groups excluding carboxylic acids is 1. The standard InChI is InChI=1S/C24H24BrN3O4S2/c1-4-32-22-12-6-17(25)14-20(22)23(29)27-24(33)26-18-7-9-19(10-8-18)34(30,31)28-21-11-5-15(2)13-16(21)3/h5-14,28H,4H2,1-3H3,(H2,26,27,29,33). The molecule has 0 saturated carbocycles. The fourth-order valence-electron chi connectivity index (χ4n) is 3.14. The highest BCUT2D eigenvalue weighted by Gasteiger charge is 2.17. The fraction of sp³-hybridized carbons (Fsp3) is 0.167. The zero-order chi connectivity index (χ0) is 24.9. The molecule has 0 bridgehead atoms. The molecule has 0 aliphatic heterocycles. The molecule has 0 heterocycles. The first-order valence-electron chi connectivity index (χ1n) is 10.3. The number of ether oxygens (including phenoxy) is 1. The Morgan fingerprint density at radius 3 is 2.38 bits per heavy atom. The smallest absolute Gasteiger partial charge is 0.261 e. The largest absolute Gasteiger partial charge is 0.493 e. The van der Waals surface area contributed by atoms with E-state index in [1.54, 1.807) is 36.4 Å². The van der Waals surface area contributed by atoms with E-state index in [1.165, 1.54) is 12.1 Å². The Balaban J connectivity index is 1.67. The lowest BCUT2D eigenvalue weighted by molar-refractivity contribution is 0.0974. The van der Waals surface area contributed by atoms with Crippen molar-refractivity contribution in [3.8, 4) is 5.75 Å². The number of anilines is 2. The van der Waals surface area contributed by atoms with Gasteiger partial charge in [-0.3, -0.25) is 14.8 Å². The minimum atomic E-state index is -3.76. The van der Waals surface area contributed by atoms with Crippen LogP contribution in [0.4, 0.5) is 11.4 Å². The van der Waals surface area contributed by atoms with Gasteiger partial charge in [0.25, 0.3) is 15.9 Å². The quantitative estimate of drug-likeness (QED) is 0.334. The summed E-state index contributed by atoms with van der Waals surface area (Å²) in [6.07, 6.45) is 0. The molecule has 1 amide bonds. The Hall–Kier alpha value is -2.95. The van der Waals surface area contributed by atoms with E-state index in [-0.39, 0.29) is 10.0 Å². The lowest BCUT2D eigenvalue weighted by atomic mass is 10.1. The number of halogens is 1. The molecular formula is C24H24BrN3O4S2. The van der Waals surface area contributed by atoms with Gasteiger partial charge in [0.15, 0.2) is 5.11 Å². The van der Waals surface area contributed by atoms with Crippen LogP contribution in [0.2, 0.25) is 0 Å². The summed E-state index contributed by atoms with van der Waals surface area (Å²) in [5.74, 6) is 0.0102. The summed E-state index contributed by atoms with van der Waals surface area (Å²) in [5, 5.41) is 5.56. The van der Waals surface area contributed by atoms with Gasteiger partial charge in [-0.25, -0.2) is 8.42 Å². The highest BCUT2D eigenvalue weighted by molar-refractivity contribution is 9.10. The van der Waals surface area contributed by atoms with Crippen molar-refractivity contribution in [3.63, 3.8) is 0 Å². The summed E-state index contributed by atoms with van der Waals surface area (Å²) < 4.78 is 34.4. The first kappa shape index (κ1) is 25.7. The normalized spacial score (nSPS) is 10.9. The maximum absolute atomic E-state index is 12.8. The zero-order valence-corrected chi connectivity index (χ0v) is 22.0. The molecule has 0 fully saturated rings. The number of nitrogens with one attached hydrogen (secondary N) is 3. The summed E-state index contributed by atoms with van der Waals surface area (Å²) >= 11 is 8.59. The highest BCUT2D eigenvalue weighted by atomic mass is 79.9. The van der Waals surface area contributed by atoms with Gasteiger partial charge in [0, 0.05) is 10.2 Å². The lowest BCUT2D eigenvalue weighted by Gasteiger charge is -2.14. The molecule has 3 aromatic rings. The number of hydrogen-bond donors (Lipinski definition) is 3. The second kappa shape index (κ2) is 11.0. The molecule has 3 N–H and O–H groups in total. The average Bonchev–Trinajstić information content (AvgIpc) is 2.77. The highest BCUT2D eigenvalue weighted by Crippen LogP contribution is 2.24. The molecule has 178 valence electrons. The van der Waals surface area contributed by atoms with Crippen molar-refractivity contribution in [2.45, 2.75) is 25.7 Å². The Labute approximate surface area is 213 Å². The summed E-state index contributed by atoms with van der Waals surface area (Å²) in [6.45, 7) is 6.04. The summed E-state index contributed by atoms with van der Waals surface area (Å²) in [5.41, 5.74) is 3.26. The van der Waals surface area contributed by atoms with Crippen molar-refractivity contribution in [1.82, 2.24) is 5.32 Å². The molecule has 0 radical (unpaired) electrons. The van der Waals surface area contributed by atoms with Crippen LogP contribution in [0.3, 0.4) is 0 Å². The molecule has 34 heavy (non-hydrogen) atoms. The Morgan fingerprint density at radius 2 is 1.74 bits per heavy atom. The van der Waals surface area contributed by atoms with Crippen LogP contribution >= 0.6 is 28.1 Å². The Morgan fingerprint density at radius 1 is 1.03 bits per heavy atom. The van der Waals surface area contributed by atoms with Gasteiger partial charge in [0.1, 0.15) is 5.75 Å². The Kier molecular flexibility index (Phi) is 8.29. The van der Waals surface area contributed by atoms with Gasteiger partial charge < -0.3 is 10.1 Å². The van der Waals surface area contributed by atoms with E-state index >= 15 is 0 Å². The van der Waals surface area contributed by atoms with Crippen molar-refractivity contribution >= 4 is 60.6 Å². The molecule has 3 aromatic carbocycles. The molecule has 0 atom stereocenters. The summed E-state index contributed by atoms with van der Waals surface area (Å²) in [7, 11) is -3.76. The third kappa shape index (κ3) is 6.55. The van der Waals surface area contributed by atoms with Crippen molar-refractivity contribution in [2.24, 2.45) is 0 Å². The maximum atomic E-state index is 12.8. The van der Waals surface area contributed by atoms with E-state index in [0.717, 1.165) is 15.6 Å². The average molecular weight is 563 g/mol. The maximum Gasteiger partial charge on any atom is 0.261 e. The molecule has 0 aromatic heterocycles.